The van der Waals surface area contributed by atoms with Crippen LogP contribution in [0.25, 0.3) is 0 Å². The zero-order valence-corrected chi connectivity index (χ0v) is 28.5. The second kappa shape index (κ2) is 21.1. The van der Waals surface area contributed by atoms with E-state index < -0.39 is 35.2 Å². The van der Waals surface area contributed by atoms with Crippen molar-refractivity contribution in [3.8, 4) is 0 Å². The summed E-state index contributed by atoms with van der Waals surface area (Å²) in [5.41, 5.74) is 6.28. The lowest BCUT2D eigenvalue weighted by molar-refractivity contribution is -0.160. The molecule has 2 amide bonds. The minimum Gasteiger partial charge on any atom is -0.458 e. The number of rotatable bonds is 22. The van der Waals surface area contributed by atoms with E-state index in [1.165, 1.54) is 0 Å². The van der Waals surface area contributed by atoms with E-state index in [0.717, 1.165) is 11.1 Å². The molecule has 0 aliphatic rings. The molecule has 0 aromatic heterocycles. The van der Waals surface area contributed by atoms with Crippen LogP contribution in [-0.2, 0) is 49.4 Å². The molecule has 0 aliphatic heterocycles. The molecule has 0 fully saturated rings. The normalized spacial score (nSPS) is 14.0. The third-order valence-corrected chi connectivity index (χ3v) is 6.16. The molecule has 0 bridgehead atoms. The zero-order chi connectivity index (χ0) is 33.9. The van der Waals surface area contributed by atoms with Gasteiger partial charge >= 0.3 is 12.1 Å². The lowest BCUT2D eigenvalue weighted by Crippen LogP contribution is -2.45. The van der Waals surface area contributed by atoms with Crippen molar-refractivity contribution in [1.29, 1.82) is 0 Å². The van der Waals surface area contributed by atoms with Crippen LogP contribution >= 0.6 is 0 Å². The van der Waals surface area contributed by atoms with Gasteiger partial charge < -0.3 is 44.2 Å². The molecule has 0 saturated carbocycles. The average molecular weight is 641 g/mol. The van der Waals surface area contributed by atoms with E-state index in [4.69, 9.17) is 38.9 Å². The highest BCUT2D eigenvalue weighted by Crippen LogP contribution is 2.18. The maximum Gasteiger partial charge on any atom is 0.407 e. The summed E-state index contributed by atoms with van der Waals surface area (Å²) in [6, 6.07) is 7.67. The van der Waals surface area contributed by atoms with Gasteiger partial charge in [0, 0.05) is 12.3 Å². The van der Waals surface area contributed by atoms with Crippen molar-refractivity contribution in [3.05, 3.63) is 35.4 Å². The van der Waals surface area contributed by atoms with Gasteiger partial charge in [-0.2, -0.15) is 0 Å². The molecule has 0 spiro atoms. The maximum absolute atomic E-state index is 12.3. The molecule has 0 radical (unpaired) electrons. The molecule has 1 unspecified atom stereocenters. The van der Waals surface area contributed by atoms with Crippen LogP contribution in [0.2, 0.25) is 0 Å². The van der Waals surface area contributed by atoms with E-state index in [9.17, 15) is 14.4 Å². The van der Waals surface area contributed by atoms with Crippen molar-refractivity contribution in [2.24, 2.45) is 5.73 Å². The number of esters is 1. The number of carbonyl (C=O) groups is 3. The van der Waals surface area contributed by atoms with E-state index in [2.05, 4.69) is 12.2 Å². The number of nitrogens with one attached hydrogen (secondary N) is 1. The van der Waals surface area contributed by atoms with Crippen LogP contribution in [-0.4, -0.2) is 94.2 Å². The number of amides is 2. The van der Waals surface area contributed by atoms with Gasteiger partial charge in [-0.05, 0) is 66.0 Å². The van der Waals surface area contributed by atoms with Crippen molar-refractivity contribution < 1.29 is 47.5 Å². The monoisotopic (exact) mass is 640 g/mol. The van der Waals surface area contributed by atoms with Gasteiger partial charge in [-0.25, -0.2) is 9.59 Å². The van der Waals surface area contributed by atoms with Gasteiger partial charge in [0.2, 0.25) is 5.91 Å². The van der Waals surface area contributed by atoms with Crippen LogP contribution in [0.3, 0.4) is 0 Å². The number of hydrogen-bond acceptors (Lipinski definition) is 10. The Kier molecular flexibility index (Phi) is 18.9. The van der Waals surface area contributed by atoms with Crippen LogP contribution in [0.15, 0.2) is 24.3 Å². The summed E-state index contributed by atoms with van der Waals surface area (Å²) >= 11 is 0. The van der Waals surface area contributed by atoms with Gasteiger partial charge in [-0.1, -0.05) is 31.2 Å². The van der Waals surface area contributed by atoms with Crippen LogP contribution in [0.4, 0.5) is 4.79 Å². The number of nitrogens with two attached hydrogens (primary N) is 1. The molecule has 12 nitrogen and oxygen atoms in total. The summed E-state index contributed by atoms with van der Waals surface area (Å²) in [6.45, 7) is 18.0. The third-order valence-electron chi connectivity index (χ3n) is 6.16. The second-order valence-electron chi connectivity index (χ2n) is 12.9. The molecule has 45 heavy (non-hydrogen) atoms. The summed E-state index contributed by atoms with van der Waals surface area (Å²) < 4.78 is 38.5. The third kappa shape index (κ3) is 21.6. The highest BCUT2D eigenvalue weighted by molar-refractivity contribution is 5.74. The number of alkyl carbamates (subject to hydrolysis) is 1. The van der Waals surface area contributed by atoms with Gasteiger partial charge in [0.1, 0.15) is 17.8 Å². The lowest BCUT2D eigenvalue weighted by atomic mass is 10.0. The first kappa shape index (κ1) is 40.3. The van der Waals surface area contributed by atoms with Crippen molar-refractivity contribution >= 4 is 18.0 Å². The number of primary amides is 1. The molecular formula is C33H56N2O10. The maximum atomic E-state index is 12.3. The first-order valence-electron chi connectivity index (χ1n) is 15.6. The molecule has 258 valence electrons. The molecule has 0 aliphatic carbocycles. The number of benzene rings is 1. The minimum atomic E-state index is -0.639. The fraction of sp³-hybridized carbons (Fsp3) is 0.727. The lowest BCUT2D eigenvalue weighted by Gasteiger charge is -2.27. The summed E-state index contributed by atoms with van der Waals surface area (Å²) in [4.78, 5) is 35.2. The predicted molar refractivity (Wildman–Crippen MR) is 170 cm³/mol. The Bertz CT molecular complexity index is 989. The molecule has 1 aromatic rings. The summed E-state index contributed by atoms with van der Waals surface area (Å²) in [7, 11) is 0. The Labute approximate surface area is 268 Å². The highest BCUT2D eigenvalue weighted by Gasteiger charge is 2.24. The topological polar surface area (TPSA) is 154 Å². The summed E-state index contributed by atoms with van der Waals surface area (Å²) in [5.74, 6) is -0.644. The molecule has 0 heterocycles. The molecule has 3 N–H and O–H groups in total. The summed E-state index contributed by atoms with van der Waals surface area (Å²) in [6.07, 6.45) is -0.468. The van der Waals surface area contributed by atoms with Gasteiger partial charge in [0.25, 0.3) is 0 Å². The van der Waals surface area contributed by atoms with E-state index in [0.29, 0.717) is 59.3 Å². The molecule has 1 aromatic carbocycles. The van der Waals surface area contributed by atoms with Crippen molar-refractivity contribution in [3.63, 3.8) is 0 Å². The Morgan fingerprint density at radius 3 is 1.84 bits per heavy atom. The highest BCUT2D eigenvalue weighted by atomic mass is 16.6. The number of carbonyl (C=O) groups excluding carboxylic acids is 3. The SMILES string of the molecule is CC(COCCOCCOCCOCC(=O)OC(C)(C)C)c1ccc(CO[C@H](C)[C@H](CCC(N)=O)NC(=O)OC(C)(C)C)cc1. The summed E-state index contributed by atoms with van der Waals surface area (Å²) in [5, 5.41) is 2.80. The molecule has 1 rings (SSSR count). The van der Waals surface area contributed by atoms with Gasteiger partial charge in [-0.3, -0.25) is 4.79 Å². The largest absolute Gasteiger partial charge is 0.458 e. The number of ether oxygens (including phenoxy) is 7. The molecule has 3 atom stereocenters. The van der Waals surface area contributed by atoms with Gasteiger partial charge in [0.05, 0.1) is 65.0 Å². The predicted octanol–water partition coefficient (Wildman–Crippen LogP) is 4.26. The molecule has 12 heteroatoms. The van der Waals surface area contributed by atoms with Crippen LogP contribution in [0.5, 0.6) is 0 Å². The number of hydrogen-bond donors (Lipinski definition) is 2. The van der Waals surface area contributed by atoms with Crippen molar-refractivity contribution in [1.82, 2.24) is 5.32 Å². The van der Waals surface area contributed by atoms with E-state index in [1.807, 2.05) is 52.0 Å². The first-order chi connectivity index (χ1) is 21.1. The Morgan fingerprint density at radius 2 is 1.31 bits per heavy atom. The van der Waals surface area contributed by atoms with Crippen molar-refractivity contribution in [2.45, 2.75) is 104 Å². The second-order valence-corrected chi connectivity index (χ2v) is 12.9. The standard InChI is InChI=1S/C33H56N2O10/c1-24(21-41-19-17-39-15-16-40-18-20-42-23-30(37)44-32(3,4)5)27-11-9-26(10-12-27)22-43-25(2)28(13-14-29(34)36)35-31(38)45-33(6,7)8/h9-12,24-25,28H,13-23H2,1-8H3,(H2,34,36)(H,35,38)/t24?,25-,28+/m1/s1. The zero-order valence-electron chi connectivity index (χ0n) is 28.5. The van der Waals surface area contributed by atoms with Gasteiger partial charge in [-0.15, -0.1) is 0 Å². The average Bonchev–Trinajstić information content (AvgIpc) is 2.92. The molecular weight excluding hydrogens is 584 g/mol. The molecule has 0 saturated heterocycles. The first-order valence-corrected chi connectivity index (χ1v) is 15.6. The Morgan fingerprint density at radius 1 is 0.778 bits per heavy atom. The Hall–Kier alpha value is -2.77. The minimum absolute atomic E-state index is 0.0947. The smallest absolute Gasteiger partial charge is 0.407 e. The van der Waals surface area contributed by atoms with Gasteiger partial charge in [0.15, 0.2) is 0 Å². The fourth-order valence-electron chi connectivity index (χ4n) is 3.91. The van der Waals surface area contributed by atoms with Crippen molar-refractivity contribution in [2.75, 3.05) is 52.9 Å². The van der Waals surface area contributed by atoms with E-state index in [1.54, 1.807) is 20.8 Å². The Balaban J connectivity index is 2.25. The van der Waals surface area contributed by atoms with Crippen LogP contribution in [0, 0.1) is 0 Å². The van der Waals surface area contributed by atoms with E-state index >= 15 is 0 Å². The van der Waals surface area contributed by atoms with Crippen LogP contribution in [0.1, 0.15) is 85.3 Å². The van der Waals surface area contributed by atoms with E-state index in [-0.39, 0.29) is 25.0 Å². The fourth-order valence-corrected chi connectivity index (χ4v) is 3.91. The quantitative estimate of drug-likeness (QED) is 0.139. The van der Waals surface area contributed by atoms with Crippen LogP contribution < -0.4 is 11.1 Å².